The summed E-state index contributed by atoms with van der Waals surface area (Å²) in [6, 6.07) is 17.1. The fourth-order valence-electron chi connectivity index (χ4n) is 1.60. The molecule has 4 heteroatoms. The molecule has 90 valence electrons. The Morgan fingerprint density at radius 3 is 2.26 bits per heavy atom. The maximum Gasteiger partial charge on any atom is 0.255 e. The Kier molecular flexibility index (Phi) is 3.56. The van der Waals surface area contributed by atoms with Crippen molar-refractivity contribution in [1.82, 2.24) is 0 Å². The van der Waals surface area contributed by atoms with Crippen LogP contribution in [0.25, 0.3) is 0 Å². The van der Waals surface area contributed by atoms with Gasteiger partial charge in [0.2, 0.25) is 0 Å². The van der Waals surface area contributed by atoms with Crippen LogP contribution in [0.1, 0.15) is 21.5 Å². The Balaban J connectivity index is 2.21. The van der Waals surface area contributed by atoms with Crippen LogP contribution in [0.15, 0.2) is 48.5 Å². The summed E-state index contributed by atoms with van der Waals surface area (Å²) in [5.41, 5.74) is 1.86. The fraction of sp³-hybridized carbons (Fsp3) is 0. The van der Waals surface area contributed by atoms with Crippen LogP contribution < -0.4 is 5.32 Å². The molecule has 0 radical (unpaired) electrons. The van der Waals surface area contributed by atoms with E-state index in [2.05, 4.69) is 5.32 Å². The molecule has 0 spiro atoms. The van der Waals surface area contributed by atoms with Gasteiger partial charge in [0.1, 0.15) is 0 Å². The summed E-state index contributed by atoms with van der Waals surface area (Å²) in [6.07, 6.45) is 0. The molecule has 2 aromatic carbocycles. The molecule has 0 aliphatic rings. The Hall–Kier alpha value is -3.11. The van der Waals surface area contributed by atoms with Crippen LogP contribution >= 0.6 is 0 Å². The van der Waals surface area contributed by atoms with Gasteiger partial charge in [-0.25, -0.2) is 0 Å². The largest absolute Gasteiger partial charge is 0.322 e. The molecule has 0 aliphatic heterocycles. The Bertz CT molecular complexity index is 708. The van der Waals surface area contributed by atoms with E-state index in [0.29, 0.717) is 22.4 Å². The van der Waals surface area contributed by atoms with Crippen molar-refractivity contribution >= 4 is 11.6 Å². The van der Waals surface area contributed by atoms with Crippen molar-refractivity contribution in [3.8, 4) is 12.1 Å². The molecule has 0 bridgehead atoms. The van der Waals surface area contributed by atoms with Crippen molar-refractivity contribution in [2.45, 2.75) is 0 Å². The van der Waals surface area contributed by atoms with Crippen molar-refractivity contribution in [2.75, 3.05) is 5.32 Å². The summed E-state index contributed by atoms with van der Waals surface area (Å²) < 4.78 is 0. The van der Waals surface area contributed by atoms with Crippen LogP contribution in [0.3, 0.4) is 0 Å². The maximum atomic E-state index is 12.0. The van der Waals surface area contributed by atoms with Crippen LogP contribution in [0.4, 0.5) is 5.69 Å². The second-order valence-electron chi connectivity index (χ2n) is 3.84. The van der Waals surface area contributed by atoms with Gasteiger partial charge in [-0.05, 0) is 36.4 Å². The van der Waals surface area contributed by atoms with Gasteiger partial charge in [-0.3, -0.25) is 4.79 Å². The van der Waals surface area contributed by atoms with E-state index in [1.165, 1.54) is 6.07 Å². The minimum atomic E-state index is -0.313. The molecule has 0 saturated heterocycles. The molecule has 0 heterocycles. The molecule has 1 amide bonds. The van der Waals surface area contributed by atoms with Gasteiger partial charge in [0.15, 0.2) is 0 Å². The fourth-order valence-corrected chi connectivity index (χ4v) is 1.60. The molecule has 0 unspecified atom stereocenters. The number of hydrogen-bond donors (Lipinski definition) is 1. The van der Waals surface area contributed by atoms with Crippen molar-refractivity contribution in [1.29, 1.82) is 10.5 Å². The SMILES string of the molecule is N#Cc1cccc(NC(=O)c2cccc(C#N)c2)c1. The third-order valence-corrected chi connectivity index (χ3v) is 2.50. The van der Waals surface area contributed by atoms with Crippen LogP contribution in [-0.4, -0.2) is 5.91 Å². The predicted octanol–water partition coefficient (Wildman–Crippen LogP) is 2.68. The first kappa shape index (κ1) is 12.3. The van der Waals surface area contributed by atoms with E-state index in [1.54, 1.807) is 42.5 Å². The number of carbonyl (C=O) groups is 1. The van der Waals surface area contributed by atoms with E-state index in [4.69, 9.17) is 10.5 Å². The number of rotatable bonds is 2. The van der Waals surface area contributed by atoms with Gasteiger partial charge in [0.05, 0.1) is 23.3 Å². The quantitative estimate of drug-likeness (QED) is 0.886. The van der Waals surface area contributed by atoms with Crippen molar-refractivity contribution in [3.05, 3.63) is 65.2 Å². The highest BCUT2D eigenvalue weighted by molar-refractivity contribution is 6.04. The molecule has 1 N–H and O–H groups in total. The number of carbonyl (C=O) groups excluding carboxylic acids is 1. The van der Waals surface area contributed by atoms with Gasteiger partial charge >= 0.3 is 0 Å². The van der Waals surface area contributed by atoms with E-state index < -0.39 is 0 Å². The smallest absolute Gasteiger partial charge is 0.255 e. The second-order valence-corrected chi connectivity index (χ2v) is 3.84. The molecule has 2 aromatic rings. The highest BCUT2D eigenvalue weighted by Crippen LogP contribution is 2.12. The molecule has 19 heavy (non-hydrogen) atoms. The van der Waals surface area contributed by atoms with Gasteiger partial charge in [-0.2, -0.15) is 10.5 Å². The van der Waals surface area contributed by atoms with Gasteiger partial charge in [0.25, 0.3) is 5.91 Å². The minimum Gasteiger partial charge on any atom is -0.322 e. The topological polar surface area (TPSA) is 76.7 Å². The van der Waals surface area contributed by atoms with Gasteiger partial charge in [0, 0.05) is 11.3 Å². The summed E-state index contributed by atoms with van der Waals surface area (Å²) in [4.78, 5) is 12.0. The van der Waals surface area contributed by atoms with Crippen LogP contribution in [0, 0.1) is 22.7 Å². The van der Waals surface area contributed by atoms with E-state index in [-0.39, 0.29) is 5.91 Å². The standard InChI is InChI=1S/C15H9N3O/c16-9-11-3-1-5-13(7-11)15(19)18-14-6-2-4-12(8-14)10-17/h1-8H,(H,18,19). The number of nitrogens with one attached hydrogen (secondary N) is 1. The lowest BCUT2D eigenvalue weighted by Gasteiger charge is -2.05. The highest BCUT2D eigenvalue weighted by Gasteiger charge is 2.07. The molecule has 0 saturated carbocycles. The van der Waals surface area contributed by atoms with Gasteiger partial charge in [-0.1, -0.05) is 12.1 Å². The zero-order chi connectivity index (χ0) is 13.7. The third-order valence-electron chi connectivity index (χ3n) is 2.50. The van der Waals surface area contributed by atoms with Crippen molar-refractivity contribution in [2.24, 2.45) is 0 Å². The molecular weight excluding hydrogens is 238 g/mol. The van der Waals surface area contributed by atoms with Crippen LogP contribution in [-0.2, 0) is 0 Å². The number of amides is 1. The molecule has 0 aliphatic carbocycles. The Morgan fingerprint density at radius 2 is 1.58 bits per heavy atom. The lowest BCUT2D eigenvalue weighted by molar-refractivity contribution is 0.102. The zero-order valence-corrected chi connectivity index (χ0v) is 9.92. The lowest BCUT2D eigenvalue weighted by Crippen LogP contribution is -2.12. The van der Waals surface area contributed by atoms with Crippen molar-refractivity contribution in [3.63, 3.8) is 0 Å². The number of hydrogen-bond acceptors (Lipinski definition) is 3. The molecule has 2 rings (SSSR count). The van der Waals surface area contributed by atoms with Crippen molar-refractivity contribution < 1.29 is 4.79 Å². The third kappa shape index (κ3) is 2.96. The van der Waals surface area contributed by atoms with Gasteiger partial charge < -0.3 is 5.32 Å². The average molecular weight is 247 g/mol. The molecule has 0 atom stereocenters. The van der Waals surface area contributed by atoms with E-state index in [0.717, 1.165) is 0 Å². The molecule has 0 fully saturated rings. The number of nitriles is 2. The van der Waals surface area contributed by atoms with E-state index in [1.807, 2.05) is 12.1 Å². The second kappa shape index (κ2) is 5.48. The highest BCUT2D eigenvalue weighted by atomic mass is 16.1. The average Bonchev–Trinajstić information content (AvgIpc) is 2.47. The molecule has 0 aromatic heterocycles. The number of anilines is 1. The Labute approximate surface area is 110 Å². The maximum absolute atomic E-state index is 12.0. The zero-order valence-electron chi connectivity index (χ0n) is 9.92. The first-order valence-electron chi connectivity index (χ1n) is 5.54. The summed E-state index contributed by atoms with van der Waals surface area (Å²) in [5, 5.41) is 20.3. The minimum absolute atomic E-state index is 0.313. The first-order chi connectivity index (χ1) is 9.22. The lowest BCUT2D eigenvalue weighted by atomic mass is 10.1. The number of nitrogens with zero attached hydrogens (tertiary/aromatic N) is 2. The first-order valence-corrected chi connectivity index (χ1v) is 5.54. The monoisotopic (exact) mass is 247 g/mol. The summed E-state index contributed by atoms with van der Waals surface area (Å²) in [6.45, 7) is 0. The van der Waals surface area contributed by atoms with Crippen LogP contribution in [0.5, 0.6) is 0 Å². The van der Waals surface area contributed by atoms with E-state index >= 15 is 0 Å². The van der Waals surface area contributed by atoms with Gasteiger partial charge in [-0.15, -0.1) is 0 Å². The predicted molar refractivity (Wildman–Crippen MR) is 70.3 cm³/mol. The Morgan fingerprint density at radius 1 is 0.947 bits per heavy atom. The summed E-state index contributed by atoms with van der Waals surface area (Å²) in [5.74, 6) is -0.313. The normalized spacial score (nSPS) is 9.16. The van der Waals surface area contributed by atoms with E-state index in [9.17, 15) is 4.79 Å². The van der Waals surface area contributed by atoms with Crippen LogP contribution in [0.2, 0.25) is 0 Å². The summed E-state index contributed by atoms with van der Waals surface area (Å²) >= 11 is 0. The summed E-state index contributed by atoms with van der Waals surface area (Å²) in [7, 11) is 0. The number of benzene rings is 2. The molecular formula is C15H9N3O. The molecule has 4 nitrogen and oxygen atoms in total.